The van der Waals surface area contributed by atoms with Crippen molar-refractivity contribution in [2.24, 2.45) is 11.8 Å². The maximum atomic E-state index is 13.5. The van der Waals surface area contributed by atoms with E-state index in [1.165, 1.54) is 17.9 Å². The van der Waals surface area contributed by atoms with Gasteiger partial charge in [0.1, 0.15) is 0 Å². The summed E-state index contributed by atoms with van der Waals surface area (Å²) < 4.78 is 5.64. The number of ketones is 1. The van der Waals surface area contributed by atoms with Crippen molar-refractivity contribution in [3.8, 4) is 11.3 Å². The van der Waals surface area contributed by atoms with Gasteiger partial charge in [-0.2, -0.15) is 0 Å². The quantitative estimate of drug-likeness (QED) is 0.0974. The van der Waals surface area contributed by atoms with E-state index in [2.05, 4.69) is 0 Å². The van der Waals surface area contributed by atoms with Crippen LogP contribution in [0.3, 0.4) is 0 Å². The summed E-state index contributed by atoms with van der Waals surface area (Å²) >= 11 is 12.4. The fraction of sp³-hybridized carbons (Fsp3) is 0.206. The number of imide groups is 1. The molecule has 6 rings (SSSR count). The smallest absolute Gasteiger partial charge is 0.339 e. The minimum Gasteiger partial charge on any atom is -0.451 e. The van der Waals surface area contributed by atoms with Gasteiger partial charge in [-0.25, -0.2) is 9.78 Å². The number of rotatable bonds is 6. The van der Waals surface area contributed by atoms with Crippen LogP contribution in [0.1, 0.15) is 46.0 Å². The zero-order chi connectivity index (χ0) is 30.4. The van der Waals surface area contributed by atoms with Crippen molar-refractivity contribution in [3.05, 3.63) is 106 Å². The second-order valence-corrected chi connectivity index (χ2v) is 11.6. The third kappa shape index (κ3) is 5.24. The van der Waals surface area contributed by atoms with Crippen molar-refractivity contribution >= 4 is 63.4 Å². The van der Waals surface area contributed by atoms with Crippen LogP contribution in [0, 0.1) is 18.8 Å². The number of carbonyl (C=O) groups excluding carboxylic acids is 4. The van der Waals surface area contributed by atoms with E-state index in [4.69, 9.17) is 32.9 Å². The molecule has 0 spiro atoms. The van der Waals surface area contributed by atoms with E-state index in [9.17, 15) is 19.2 Å². The van der Waals surface area contributed by atoms with Crippen LogP contribution in [0.2, 0.25) is 10.0 Å². The standard InChI is InChI=1S/C34H26Cl2N2O5/c1-18-28(36)15-14-24-27(34(42)43-19(2)31(39)21-6-5-7-22(35)16-21)17-29(37-30(18)24)20-10-12-23(13-11-20)38-32(40)25-8-3-4-9-26(25)33(38)41/h3-7,10-17,19,25-26H,8-9H2,1-2H3. The Morgan fingerprint density at radius 3 is 2.26 bits per heavy atom. The van der Waals surface area contributed by atoms with Gasteiger partial charge >= 0.3 is 5.97 Å². The van der Waals surface area contributed by atoms with Gasteiger partial charge < -0.3 is 4.74 Å². The Balaban J connectivity index is 1.33. The van der Waals surface area contributed by atoms with E-state index >= 15 is 0 Å². The number of aryl methyl sites for hydroxylation is 1. The summed E-state index contributed by atoms with van der Waals surface area (Å²) in [4.78, 5) is 58.7. The highest BCUT2D eigenvalue weighted by atomic mass is 35.5. The molecule has 1 fully saturated rings. The van der Waals surface area contributed by atoms with Gasteiger partial charge in [0.05, 0.1) is 34.3 Å². The lowest BCUT2D eigenvalue weighted by Crippen LogP contribution is -2.30. The zero-order valence-electron chi connectivity index (χ0n) is 23.3. The fourth-order valence-electron chi connectivity index (χ4n) is 5.71. The molecule has 1 aliphatic heterocycles. The van der Waals surface area contributed by atoms with Crippen LogP contribution in [0.15, 0.2) is 78.9 Å². The molecular weight excluding hydrogens is 587 g/mol. The lowest BCUT2D eigenvalue weighted by Gasteiger charge is -2.17. The number of amides is 2. The molecule has 4 aromatic rings. The Labute approximate surface area is 258 Å². The second-order valence-electron chi connectivity index (χ2n) is 10.8. The Morgan fingerprint density at radius 2 is 1.60 bits per heavy atom. The molecule has 3 unspecified atom stereocenters. The van der Waals surface area contributed by atoms with E-state index in [1.807, 2.05) is 19.1 Å². The summed E-state index contributed by atoms with van der Waals surface area (Å²) in [6, 6.07) is 18.4. The molecule has 1 saturated heterocycles. The highest BCUT2D eigenvalue weighted by molar-refractivity contribution is 6.32. The molecule has 0 radical (unpaired) electrons. The Hall–Kier alpha value is -4.33. The normalized spacial score (nSPS) is 18.6. The van der Waals surface area contributed by atoms with Crippen LogP contribution in [-0.2, 0) is 14.3 Å². The Morgan fingerprint density at radius 1 is 0.930 bits per heavy atom. The number of Topliss-reactive ketones (excluding diaryl/α,β-unsaturated/α-hetero) is 1. The molecule has 2 aliphatic rings. The van der Waals surface area contributed by atoms with Gasteiger partial charge in [-0.3, -0.25) is 19.3 Å². The molecule has 9 heteroatoms. The number of allylic oxidation sites excluding steroid dienone is 2. The molecule has 2 heterocycles. The third-order valence-electron chi connectivity index (χ3n) is 8.08. The number of ether oxygens (including phenoxy) is 1. The predicted molar refractivity (Wildman–Crippen MR) is 165 cm³/mol. The second kappa shape index (κ2) is 11.4. The summed E-state index contributed by atoms with van der Waals surface area (Å²) in [5.74, 6) is -2.10. The number of hydrogen-bond donors (Lipinski definition) is 0. The predicted octanol–water partition coefficient (Wildman–Crippen LogP) is 7.40. The van der Waals surface area contributed by atoms with Gasteiger partial charge in [0.15, 0.2) is 6.10 Å². The summed E-state index contributed by atoms with van der Waals surface area (Å²) in [7, 11) is 0. The topological polar surface area (TPSA) is 93.6 Å². The van der Waals surface area contributed by atoms with Gasteiger partial charge in [0.2, 0.25) is 17.6 Å². The van der Waals surface area contributed by atoms with Gasteiger partial charge in [0, 0.05) is 26.6 Å². The number of fused-ring (bicyclic) bond motifs is 2. The SMILES string of the molecule is Cc1c(Cl)ccc2c(C(=O)OC(C)C(=O)c3cccc(Cl)c3)cc(-c3ccc(N4C(=O)C5CC=CCC5C4=O)cc3)nc12. The largest absolute Gasteiger partial charge is 0.451 e. The molecule has 7 nitrogen and oxygen atoms in total. The number of pyridine rings is 1. The Kier molecular flexibility index (Phi) is 7.63. The summed E-state index contributed by atoms with van der Waals surface area (Å²) in [5, 5.41) is 1.42. The van der Waals surface area contributed by atoms with Gasteiger partial charge in [-0.1, -0.05) is 65.7 Å². The molecule has 2 amide bonds. The number of hydrogen-bond acceptors (Lipinski definition) is 6. The van der Waals surface area contributed by atoms with Crippen LogP contribution in [0.25, 0.3) is 22.2 Å². The highest BCUT2D eigenvalue weighted by Crippen LogP contribution is 2.38. The molecule has 0 saturated carbocycles. The first-order chi connectivity index (χ1) is 20.6. The molecule has 43 heavy (non-hydrogen) atoms. The molecule has 3 aromatic carbocycles. The number of aromatic nitrogens is 1. The van der Waals surface area contributed by atoms with E-state index in [1.54, 1.807) is 60.7 Å². The molecular formula is C34H26Cl2N2O5. The van der Waals surface area contributed by atoms with Crippen molar-refractivity contribution in [1.82, 2.24) is 4.98 Å². The van der Waals surface area contributed by atoms with Gasteiger partial charge in [-0.05, 0) is 68.7 Å². The lowest BCUT2D eigenvalue weighted by molar-refractivity contribution is -0.122. The van der Waals surface area contributed by atoms with Crippen LogP contribution in [-0.4, -0.2) is 34.7 Å². The number of benzene rings is 3. The molecule has 0 bridgehead atoms. The first-order valence-corrected chi connectivity index (χ1v) is 14.6. The third-order valence-corrected chi connectivity index (χ3v) is 8.72. The monoisotopic (exact) mass is 612 g/mol. The van der Waals surface area contributed by atoms with E-state index in [-0.39, 0.29) is 35.0 Å². The minimum absolute atomic E-state index is 0.187. The number of carbonyl (C=O) groups is 4. The van der Waals surface area contributed by atoms with Crippen molar-refractivity contribution in [2.75, 3.05) is 4.90 Å². The maximum absolute atomic E-state index is 13.5. The summed E-state index contributed by atoms with van der Waals surface area (Å²) in [6.07, 6.45) is 3.97. The lowest BCUT2D eigenvalue weighted by atomic mass is 9.85. The molecule has 1 aromatic heterocycles. The number of halogens is 2. The fourth-order valence-corrected chi connectivity index (χ4v) is 6.05. The Bertz CT molecular complexity index is 1820. The van der Waals surface area contributed by atoms with Gasteiger partial charge in [-0.15, -0.1) is 0 Å². The van der Waals surface area contributed by atoms with Crippen LogP contribution in [0.5, 0.6) is 0 Å². The average molecular weight is 613 g/mol. The first kappa shape index (κ1) is 28.8. The van der Waals surface area contributed by atoms with Crippen molar-refractivity contribution in [1.29, 1.82) is 0 Å². The molecule has 0 N–H and O–H groups in total. The van der Waals surface area contributed by atoms with E-state index in [0.717, 1.165) is 0 Å². The molecule has 216 valence electrons. The molecule has 3 atom stereocenters. The van der Waals surface area contributed by atoms with Crippen LogP contribution < -0.4 is 4.90 Å². The number of anilines is 1. The minimum atomic E-state index is -1.07. The van der Waals surface area contributed by atoms with Crippen molar-refractivity contribution in [2.45, 2.75) is 32.8 Å². The van der Waals surface area contributed by atoms with Crippen LogP contribution in [0.4, 0.5) is 5.69 Å². The first-order valence-electron chi connectivity index (χ1n) is 13.9. The number of esters is 1. The van der Waals surface area contributed by atoms with E-state index in [0.29, 0.717) is 61.9 Å². The number of nitrogens with zero attached hydrogens (tertiary/aromatic N) is 2. The highest BCUT2D eigenvalue weighted by Gasteiger charge is 2.47. The average Bonchev–Trinajstić information content (AvgIpc) is 3.27. The summed E-state index contributed by atoms with van der Waals surface area (Å²) in [6.45, 7) is 3.32. The zero-order valence-corrected chi connectivity index (χ0v) is 24.9. The molecule has 1 aliphatic carbocycles. The van der Waals surface area contributed by atoms with Gasteiger partial charge in [0.25, 0.3) is 0 Å². The summed E-state index contributed by atoms with van der Waals surface area (Å²) in [5.41, 5.74) is 3.34. The van der Waals surface area contributed by atoms with Crippen molar-refractivity contribution < 1.29 is 23.9 Å². The van der Waals surface area contributed by atoms with E-state index < -0.39 is 12.1 Å². The maximum Gasteiger partial charge on any atom is 0.339 e. The van der Waals surface area contributed by atoms with Crippen molar-refractivity contribution in [3.63, 3.8) is 0 Å². The van der Waals surface area contributed by atoms with Crippen LogP contribution >= 0.6 is 23.2 Å².